The van der Waals surface area contributed by atoms with Crippen molar-refractivity contribution in [1.29, 1.82) is 0 Å². The second-order valence-corrected chi connectivity index (χ2v) is 6.06. The Bertz CT molecular complexity index is 872. The van der Waals surface area contributed by atoms with E-state index in [1.165, 1.54) is 4.68 Å². The first-order valence-electron chi connectivity index (χ1n) is 8.00. The van der Waals surface area contributed by atoms with Gasteiger partial charge >= 0.3 is 5.69 Å². The normalized spacial score (nSPS) is 14.2. The average Bonchev–Trinajstić information content (AvgIpc) is 3.11. The molecule has 1 amide bonds. The van der Waals surface area contributed by atoms with Crippen LogP contribution in [0.25, 0.3) is 0 Å². The molecule has 0 bridgehead atoms. The highest BCUT2D eigenvalue weighted by Gasteiger charge is 2.24. The maximum absolute atomic E-state index is 12.6. The lowest BCUT2D eigenvalue weighted by Gasteiger charge is -2.16. The molecular formula is C17H18N4O4. The molecule has 0 spiro atoms. The van der Waals surface area contributed by atoms with E-state index in [4.69, 9.17) is 0 Å². The molecule has 2 heterocycles. The van der Waals surface area contributed by atoms with Gasteiger partial charge < -0.3 is 4.90 Å². The first-order valence-corrected chi connectivity index (χ1v) is 8.00. The summed E-state index contributed by atoms with van der Waals surface area (Å²) in [7, 11) is 0. The van der Waals surface area contributed by atoms with E-state index in [1.807, 2.05) is 0 Å². The Kier molecular flexibility index (Phi) is 4.35. The van der Waals surface area contributed by atoms with Gasteiger partial charge in [-0.1, -0.05) is 12.1 Å². The zero-order chi connectivity index (χ0) is 18.1. The third-order valence-corrected chi connectivity index (χ3v) is 4.37. The Hall–Kier alpha value is -3.03. The molecule has 0 saturated carbocycles. The van der Waals surface area contributed by atoms with Gasteiger partial charge in [-0.25, -0.2) is 0 Å². The summed E-state index contributed by atoms with van der Waals surface area (Å²) in [6.07, 6.45) is 1.33. The molecule has 130 valence electrons. The zero-order valence-corrected chi connectivity index (χ0v) is 14.1. The summed E-state index contributed by atoms with van der Waals surface area (Å²) < 4.78 is 1.35. The fourth-order valence-electron chi connectivity index (χ4n) is 3.10. The van der Waals surface area contributed by atoms with Crippen LogP contribution < -0.4 is 4.90 Å². The molecular weight excluding hydrogens is 324 g/mol. The topological polar surface area (TPSA) is 98.3 Å². The van der Waals surface area contributed by atoms with Gasteiger partial charge in [0, 0.05) is 24.2 Å². The number of anilines is 1. The van der Waals surface area contributed by atoms with E-state index in [-0.39, 0.29) is 29.6 Å². The summed E-state index contributed by atoms with van der Waals surface area (Å²) in [6.45, 7) is 3.69. The molecule has 0 aliphatic carbocycles. The summed E-state index contributed by atoms with van der Waals surface area (Å²) in [5.41, 5.74) is 1.72. The highest BCUT2D eigenvalue weighted by atomic mass is 16.6. The van der Waals surface area contributed by atoms with Crippen molar-refractivity contribution in [3.63, 3.8) is 0 Å². The van der Waals surface area contributed by atoms with Gasteiger partial charge in [0.15, 0.2) is 5.78 Å². The van der Waals surface area contributed by atoms with Gasteiger partial charge in [0.2, 0.25) is 5.91 Å². The number of carbonyl (C=O) groups excluding carboxylic acids is 2. The minimum Gasteiger partial charge on any atom is -0.312 e. The molecule has 25 heavy (non-hydrogen) atoms. The van der Waals surface area contributed by atoms with Crippen LogP contribution in [-0.4, -0.2) is 32.9 Å². The van der Waals surface area contributed by atoms with Crippen molar-refractivity contribution >= 4 is 23.1 Å². The zero-order valence-electron chi connectivity index (χ0n) is 14.1. The molecule has 8 heteroatoms. The molecule has 2 aromatic rings. The predicted octanol–water partition coefficient (Wildman–Crippen LogP) is 2.42. The van der Waals surface area contributed by atoms with Gasteiger partial charge in [-0.3, -0.25) is 24.4 Å². The smallest absolute Gasteiger partial charge is 0.312 e. The Morgan fingerprint density at radius 2 is 2.12 bits per heavy atom. The van der Waals surface area contributed by atoms with Crippen LogP contribution in [-0.2, 0) is 11.3 Å². The van der Waals surface area contributed by atoms with E-state index in [1.54, 1.807) is 43.0 Å². The average molecular weight is 342 g/mol. The fraction of sp³-hybridized carbons (Fsp3) is 0.353. The van der Waals surface area contributed by atoms with E-state index in [2.05, 4.69) is 5.10 Å². The first-order chi connectivity index (χ1) is 11.9. The number of rotatable bonds is 5. The minimum absolute atomic E-state index is 0.0544. The molecule has 0 N–H and O–H groups in total. The predicted molar refractivity (Wildman–Crippen MR) is 90.7 cm³/mol. The van der Waals surface area contributed by atoms with E-state index < -0.39 is 4.92 Å². The number of benzene rings is 1. The van der Waals surface area contributed by atoms with Gasteiger partial charge in [0.05, 0.1) is 4.92 Å². The lowest BCUT2D eigenvalue weighted by molar-refractivity contribution is -0.386. The van der Waals surface area contributed by atoms with Gasteiger partial charge in [0.25, 0.3) is 0 Å². The number of carbonyl (C=O) groups is 2. The molecule has 0 radical (unpaired) electrons. The number of aromatic nitrogens is 2. The highest BCUT2D eigenvalue weighted by molar-refractivity contribution is 5.99. The van der Waals surface area contributed by atoms with Gasteiger partial charge in [-0.2, -0.15) is 5.10 Å². The lowest BCUT2D eigenvalue weighted by Crippen LogP contribution is -2.24. The van der Waals surface area contributed by atoms with Gasteiger partial charge in [-0.05, 0) is 32.4 Å². The second-order valence-electron chi connectivity index (χ2n) is 6.06. The summed E-state index contributed by atoms with van der Waals surface area (Å²) >= 11 is 0. The monoisotopic (exact) mass is 342 g/mol. The van der Waals surface area contributed by atoms with Crippen LogP contribution in [0.5, 0.6) is 0 Å². The van der Waals surface area contributed by atoms with Gasteiger partial charge in [0.1, 0.15) is 17.9 Å². The van der Waals surface area contributed by atoms with Crippen LogP contribution in [0.4, 0.5) is 11.4 Å². The van der Waals surface area contributed by atoms with Crippen molar-refractivity contribution in [1.82, 2.24) is 9.78 Å². The van der Waals surface area contributed by atoms with Crippen LogP contribution in [0.3, 0.4) is 0 Å². The van der Waals surface area contributed by atoms with Crippen molar-refractivity contribution in [3.05, 3.63) is 51.3 Å². The third kappa shape index (κ3) is 3.15. The maximum Gasteiger partial charge on any atom is 0.312 e. The van der Waals surface area contributed by atoms with Crippen LogP contribution in [0.15, 0.2) is 24.3 Å². The van der Waals surface area contributed by atoms with E-state index >= 15 is 0 Å². The van der Waals surface area contributed by atoms with Crippen LogP contribution >= 0.6 is 0 Å². The highest BCUT2D eigenvalue weighted by Crippen LogP contribution is 2.24. The molecule has 1 fully saturated rings. The maximum atomic E-state index is 12.6. The van der Waals surface area contributed by atoms with E-state index in [9.17, 15) is 19.7 Å². The SMILES string of the molecule is Cc1nn(CC(=O)c2cccc(N3CCCC3=O)c2)c(C)c1[N+](=O)[O-]. The lowest BCUT2D eigenvalue weighted by atomic mass is 10.1. The van der Waals surface area contributed by atoms with E-state index in [0.717, 1.165) is 6.42 Å². The van der Waals surface area contributed by atoms with E-state index in [0.29, 0.717) is 29.9 Å². The summed E-state index contributed by atoms with van der Waals surface area (Å²) in [4.78, 5) is 36.7. The molecule has 1 aliphatic heterocycles. The molecule has 1 saturated heterocycles. The Labute approximate surface area is 144 Å². The molecule has 8 nitrogen and oxygen atoms in total. The number of hydrogen-bond acceptors (Lipinski definition) is 5. The summed E-state index contributed by atoms with van der Waals surface area (Å²) in [5.74, 6) is -0.159. The first kappa shape index (κ1) is 16.8. The molecule has 0 atom stereocenters. The van der Waals surface area contributed by atoms with Gasteiger partial charge in [-0.15, -0.1) is 0 Å². The molecule has 3 rings (SSSR count). The Morgan fingerprint density at radius 3 is 2.72 bits per heavy atom. The number of amides is 1. The Balaban J connectivity index is 1.84. The number of Topliss-reactive ketones (excluding diaryl/α,β-unsaturated/α-hetero) is 1. The minimum atomic E-state index is -0.488. The molecule has 0 unspecified atom stereocenters. The van der Waals surface area contributed by atoms with Crippen molar-refractivity contribution in [2.45, 2.75) is 33.2 Å². The number of hydrogen-bond donors (Lipinski definition) is 0. The quantitative estimate of drug-likeness (QED) is 0.472. The number of nitro groups is 1. The van der Waals surface area contributed by atoms with Crippen molar-refractivity contribution in [3.8, 4) is 0 Å². The second kappa shape index (κ2) is 6.46. The van der Waals surface area contributed by atoms with Crippen molar-refractivity contribution < 1.29 is 14.5 Å². The van der Waals surface area contributed by atoms with Crippen LogP contribution in [0.1, 0.15) is 34.6 Å². The van der Waals surface area contributed by atoms with Crippen molar-refractivity contribution in [2.24, 2.45) is 0 Å². The Morgan fingerprint density at radius 1 is 1.36 bits per heavy atom. The molecule has 1 aliphatic rings. The number of ketones is 1. The van der Waals surface area contributed by atoms with Crippen molar-refractivity contribution in [2.75, 3.05) is 11.4 Å². The fourth-order valence-corrected chi connectivity index (χ4v) is 3.10. The molecule has 1 aromatic carbocycles. The number of nitrogens with zero attached hydrogens (tertiary/aromatic N) is 4. The summed E-state index contributed by atoms with van der Waals surface area (Å²) in [5, 5.41) is 15.2. The van der Waals surface area contributed by atoms with Crippen LogP contribution in [0.2, 0.25) is 0 Å². The molecule has 1 aromatic heterocycles. The largest absolute Gasteiger partial charge is 0.312 e. The summed E-state index contributed by atoms with van der Waals surface area (Å²) in [6, 6.07) is 6.89. The number of aryl methyl sites for hydroxylation is 1. The standard InChI is InChI=1S/C17H18N4O4/c1-11-17(21(24)25)12(2)20(18-11)10-15(22)13-5-3-6-14(9-13)19-8-4-7-16(19)23/h3,5-6,9H,4,7-8,10H2,1-2H3. The third-order valence-electron chi connectivity index (χ3n) is 4.37. The van der Waals surface area contributed by atoms with Crippen LogP contribution in [0, 0.1) is 24.0 Å².